The van der Waals surface area contributed by atoms with Gasteiger partial charge in [0.05, 0.1) is 0 Å². The topological polar surface area (TPSA) is 60.9 Å². The number of hydrogen-bond donors (Lipinski definition) is 3. The van der Waals surface area contributed by atoms with E-state index in [4.69, 9.17) is 5.11 Å². The number of rotatable bonds is 6. The highest BCUT2D eigenvalue weighted by Gasteiger charge is 1.92. The predicted octanol–water partition coefficient (Wildman–Crippen LogP) is -0.0758. The van der Waals surface area contributed by atoms with Crippen molar-refractivity contribution in [1.82, 2.24) is 15.5 Å². The Morgan fingerprint density at radius 2 is 2.42 bits per heavy atom. The molecule has 0 fully saturated rings. The lowest BCUT2D eigenvalue weighted by Gasteiger charge is -2.00. The van der Waals surface area contributed by atoms with E-state index in [1.807, 2.05) is 6.07 Å². The molecule has 4 heteroatoms. The van der Waals surface area contributed by atoms with E-state index in [1.165, 1.54) is 0 Å². The fraction of sp³-hybridized carbons (Fsp3) is 0.625. The van der Waals surface area contributed by atoms with Crippen molar-refractivity contribution >= 4 is 0 Å². The molecular formula is C8H15N3O. The Morgan fingerprint density at radius 1 is 1.50 bits per heavy atom. The molecule has 0 atom stereocenters. The number of aliphatic hydroxyl groups is 1. The van der Waals surface area contributed by atoms with Crippen molar-refractivity contribution in [3.05, 3.63) is 18.0 Å². The molecule has 3 N–H and O–H groups in total. The van der Waals surface area contributed by atoms with E-state index < -0.39 is 0 Å². The maximum atomic E-state index is 8.49. The first-order valence-electron chi connectivity index (χ1n) is 4.23. The van der Waals surface area contributed by atoms with E-state index in [-0.39, 0.29) is 6.61 Å². The summed E-state index contributed by atoms with van der Waals surface area (Å²) >= 11 is 0. The average Bonchev–Trinajstić information content (AvgIpc) is 2.57. The Balaban J connectivity index is 1.96. The quantitative estimate of drug-likeness (QED) is 0.522. The molecule has 0 saturated carbocycles. The molecule has 0 spiro atoms. The van der Waals surface area contributed by atoms with Gasteiger partial charge in [-0.15, -0.1) is 0 Å². The van der Waals surface area contributed by atoms with E-state index in [0.717, 1.165) is 31.6 Å². The maximum absolute atomic E-state index is 8.49. The van der Waals surface area contributed by atoms with Crippen LogP contribution in [-0.4, -0.2) is 35.0 Å². The summed E-state index contributed by atoms with van der Waals surface area (Å²) in [6, 6.07) is 1.97. The minimum Gasteiger partial charge on any atom is -0.396 e. The highest BCUT2D eigenvalue weighted by molar-refractivity contribution is 4.97. The Morgan fingerprint density at radius 3 is 3.08 bits per heavy atom. The van der Waals surface area contributed by atoms with Crippen molar-refractivity contribution in [1.29, 1.82) is 0 Å². The second kappa shape index (κ2) is 5.74. The van der Waals surface area contributed by atoms with Crippen LogP contribution in [0.2, 0.25) is 0 Å². The normalized spacial score (nSPS) is 10.4. The van der Waals surface area contributed by atoms with Crippen molar-refractivity contribution in [3.63, 3.8) is 0 Å². The van der Waals surface area contributed by atoms with Crippen molar-refractivity contribution in [3.8, 4) is 0 Å². The second-order valence-corrected chi connectivity index (χ2v) is 2.66. The maximum Gasteiger partial charge on any atom is 0.0490 e. The van der Waals surface area contributed by atoms with Gasteiger partial charge in [0, 0.05) is 31.5 Å². The Bertz CT molecular complexity index is 186. The molecule has 0 unspecified atom stereocenters. The number of hydrogen-bond acceptors (Lipinski definition) is 3. The molecule has 0 amide bonds. The van der Waals surface area contributed by atoms with Gasteiger partial charge in [-0.25, -0.2) is 0 Å². The lowest BCUT2D eigenvalue weighted by atomic mass is 10.3. The summed E-state index contributed by atoms with van der Waals surface area (Å²) in [6.07, 6.45) is 3.54. The zero-order valence-electron chi connectivity index (χ0n) is 7.08. The first-order chi connectivity index (χ1) is 5.93. The largest absolute Gasteiger partial charge is 0.396 e. The molecule has 0 aliphatic rings. The zero-order valence-corrected chi connectivity index (χ0v) is 7.08. The molecule has 0 radical (unpaired) electrons. The van der Waals surface area contributed by atoms with Gasteiger partial charge in [0.15, 0.2) is 0 Å². The van der Waals surface area contributed by atoms with Gasteiger partial charge in [-0.2, -0.15) is 5.10 Å². The molecule has 0 aliphatic heterocycles. The number of nitrogens with zero attached hydrogens (tertiary/aromatic N) is 1. The van der Waals surface area contributed by atoms with Gasteiger partial charge in [-0.3, -0.25) is 5.10 Å². The molecule has 1 heterocycles. The van der Waals surface area contributed by atoms with Crippen molar-refractivity contribution in [2.45, 2.75) is 12.8 Å². The molecule has 0 aliphatic carbocycles. The molecular weight excluding hydrogens is 154 g/mol. The number of aliphatic hydroxyl groups excluding tert-OH is 1. The van der Waals surface area contributed by atoms with Crippen LogP contribution in [0.15, 0.2) is 12.3 Å². The lowest BCUT2D eigenvalue weighted by molar-refractivity contribution is 0.286. The van der Waals surface area contributed by atoms with E-state index in [1.54, 1.807) is 6.20 Å². The van der Waals surface area contributed by atoms with Crippen LogP contribution in [0.25, 0.3) is 0 Å². The molecule has 68 valence electrons. The Hall–Kier alpha value is -0.870. The summed E-state index contributed by atoms with van der Waals surface area (Å²) in [5, 5.41) is 18.4. The van der Waals surface area contributed by atoms with Crippen LogP contribution in [0.4, 0.5) is 0 Å². The summed E-state index contributed by atoms with van der Waals surface area (Å²) in [5.41, 5.74) is 1.14. The van der Waals surface area contributed by atoms with Crippen LogP contribution < -0.4 is 5.32 Å². The number of nitrogens with one attached hydrogen (secondary N) is 2. The van der Waals surface area contributed by atoms with Gasteiger partial charge in [0.25, 0.3) is 0 Å². The lowest BCUT2D eigenvalue weighted by Crippen LogP contribution is -2.19. The third-order valence-electron chi connectivity index (χ3n) is 1.64. The van der Waals surface area contributed by atoms with E-state index in [2.05, 4.69) is 15.5 Å². The first kappa shape index (κ1) is 9.22. The minimum absolute atomic E-state index is 0.261. The smallest absolute Gasteiger partial charge is 0.0490 e. The third kappa shape index (κ3) is 3.50. The molecule has 12 heavy (non-hydrogen) atoms. The zero-order chi connectivity index (χ0) is 8.65. The minimum atomic E-state index is 0.261. The molecule has 4 nitrogen and oxygen atoms in total. The Labute approximate surface area is 72.0 Å². The van der Waals surface area contributed by atoms with Gasteiger partial charge in [-0.1, -0.05) is 0 Å². The fourth-order valence-corrected chi connectivity index (χ4v) is 0.976. The van der Waals surface area contributed by atoms with Crippen LogP contribution in [0, 0.1) is 0 Å². The summed E-state index contributed by atoms with van der Waals surface area (Å²) in [7, 11) is 0. The molecule has 1 rings (SSSR count). The average molecular weight is 169 g/mol. The fourth-order valence-electron chi connectivity index (χ4n) is 0.976. The number of H-pyrrole nitrogens is 1. The number of aromatic amines is 1. The van der Waals surface area contributed by atoms with Crippen molar-refractivity contribution in [2.75, 3.05) is 19.7 Å². The van der Waals surface area contributed by atoms with E-state index in [9.17, 15) is 0 Å². The molecule has 1 aromatic rings. The molecule has 0 aromatic carbocycles. The molecule has 0 bridgehead atoms. The van der Waals surface area contributed by atoms with Crippen LogP contribution in [-0.2, 0) is 6.42 Å². The SMILES string of the molecule is OCCCNCCc1ccn[nH]1. The van der Waals surface area contributed by atoms with Crippen LogP contribution in [0.3, 0.4) is 0 Å². The van der Waals surface area contributed by atoms with Crippen molar-refractivity contribution in [2.24, 2.45) is 0 Å². The summed E-state index contributed by atoms with van der Waals surface area (Å²) in [6.45, 7) is 2.07. The van der Waals surface area contributed by atoms with Gasteiger partial charge >= 0.3 is 0 Å². The Kier molecular flexibility index (Phi) is 4.41. The van der Waals surface area contributed by atoms with E-state index in [0.29, 0.717) is 0 Å². The predicted molar refractivity (Wildman–Crippen MR) is 46.9 cm³/mol. The molecule has 0 saturated heterocycles. The van der Waals surface area contributed by atoms with Crippen molar-refractivity contribution < 1.29 is 5.11 Å². The van der Waals surface area contributed by atoms with Gasteiger partial charge in [0.1, 0.15) is 0 Å². The van der Waals surface area contributed by atoms with Crippen LogP contribution in [0.5, 0.6) is 0 Å². The second-order valence-electron chi connectivity index (χ2n) is 2.66. The highest BCUT2D eigenvalue weighted by atomic mass is 16.3. The molecule has 1 aromatic heterocycles. The van der Waals surface area contributed by atoms with Crippen LogP contribution >= 0.6 is 0 Å². The van der Waals surface area contributed by atoms with E-state index >= 15 is 0 Å². The third-order valence-corrected chi connectivity index (χ3v) is 1.64. The summed E-state index contributed by atoms with van der Waals surface area (Å²) < 4.78 is 0. The van der Waals surface area contributed by atoms with Gasteiger partial charge < -0.3 is 10.4 Å². The van der Waals surface area contributed by atoms with Gasteiger partial charge in [-0.05, 0) is 19.0 Å². The summed E-state index contributed by atoms with van der Waals surface area (Å²) in [4.78, 5) is 0. The number of aromatic nitrogens is 2. The summed E-state index contributed by atoms with van der Waals surface area (Å²) in [5.74, 6) is 0. The van der Waals surface area contributed by atoms with Gasteiger partial charge in [0.2, 0.25) is 0 Å². The standard InChI is InChI=1S/C8H15N3O/c12-7-1-4-9-5-2-8-3-6-10-11-8/h3,6,9,12H,1-2,4-5,7H2,(H,10,11). The monoisotopic (exact) mass is 169 g/mol. The first-order valence-corrected chi connectivity index (χ1v) is 4.23. The van der Waals surface area contributed by atoms with Crippen LogP contribution in [0.1, 0.15) is 12.1 Å². The highest BCUT2D eigenvalue weighted by Crippen LogP contribution is 1.90.